The summed E-state index contributed by atoms with van der Waals surface area (Å²) in [5.41, 5.74) is -1.15. The second-order valence-corrected chi connectivity index (χ2v) is 6.21. The van der Waals surface area contributed by atoms with Crippen LogP contribution in [0.25, 0.3) is 0 Å². The second-order valence-electron chi connectivity index (χ2n) is 4.30. The van der Waals surface area contributed by atoms with Crippen LogP contribution >= 0.6 is 0 Å². The average Bonchev–Trinajstić information content (AvgIpc) is 2.69. The van der Waals surface area contributed by atoms with Gasteiger partial charge < -0.3 is 10.2 Å². The monoisotopic (exact) mass is 306 g/mol. The maximum Gasteiger partial charge on any atom is 0.324 e. The first-order valence-electron chi connectivity index (χ1n) is 5.54. The molecule has 20 heavy (non-hydrogen) atoms. The molecule has 110 valence electrons. The van der Waals surface area contributed by atoms with Crippen LogP contribution in [0, 0.1) is 15.9 Å². The number of nitro benzene ring substituents is 1. The Morgan fingerprint density at radius 3 is 2.35 bits per heavy atom. The summed E-state index contributed by atoms with van der Waals surface area (Å²) in [6, 6.07) is 2.73. The van der Waals surface area contributed by atoms with Gasteiger partial charge >= 0.3 is 5.69 Å². The summed E-state index contributed by atoms with van der Waals surface area (Å²) in [5.74, 6) is -1.27. The molecular weight excluding hydrogens is 295 g/mol. The molecule has 0 spiro atoms. The Balaban J connectivity index is 2.51. The van der Waals surface area contributed by atoms with E-state index in [2.05, 4.69) is 0 Å². The molecule has 1 aliphatic heterocycles. The molecule has 0 amide bonds. The summed E-state index contributed by atoms with van der Waals surface area (Å²) >= 11 is 0. The molecule has 0 radical (unpaired) electrons. The standard InChI is InChI=1S/C10H11FN2O6S/c11-6-2-1-3-9(10(6)13(16)17)20(18,19)12-4-7(14)8(15)5-12/h1-3,7-8,14-15H,4-5H2/t7-,8+. The highest BCUT2D eigenvalue weighted by molar-refractivity contribution is 7.89. The Morgan fingerprint density at radius 2 is 1.85 bits per heavy atom. The molecule has 0 unspecified atom stereocenters. The summed E-state index contributed by atoms with van der Waals surface area (Å²) in [6.45, 7) is -0.811. The normalized spacial score (nSPS) is 23.9. The van der Waals surface area contributed by atoms with Crippen molar-refractivity contribution >= 4 is 15.7 Å². The Labute approximate surface area is 113 Å². The predicted molar refractivity (Wildman–Crippen MR) is 63.8 cm³/mol. The molecule has 2 atom stereocenters. The predicted octanol–water partition coefficient (Wildman–Crippen LogP) is -0.540. The molecule has 1 fully saturated rings. The Hall–Kier alpha value is -1.62. The first-order valence-corrected chi connectivity index (χ1v) is 6.98. The maximum absolute atomic E-state index is 13.4. The SMILES string of the molecule is O=[N+]([O-])c1c(F)cccc1S(=O)(=O)N1C[C@@H](O)[C@@H](O)C1. The maximum atomic E-state index is 13.4. The van der Waals surface area contributed by atoms with Crippen molar-refractivity contribution in [1.29, 1.82) is 0 Å². The van der Waals surface area contributed by atoms with Crippen LogP contribution in [-0.2, 0) is 10.0 Å². The van der Waals surface area contributed by atoms with Crippen LogP contribution in [0.3, 0.4) is 0 Å². The summed E-state index contributed by atoms with van der Waals surface area (Å²) in [6.07, 6.45) is -2.56. The van der Waals surface area contributed by atoms with Crippen LogP contribution in [0.4, 0.5) is 10.1 Å². The smallest absolute Gasteiger partial charge is 0.324 e. The van der Waals surface area contributed by atoms with Gasteiger partial charge in [0.15, 0.2) is 4.90 Å². The van der Waals surface area contributed by atoms with Crippen LogP contribution in [-0.4, -0.2) is 53.2 Å². The third kappa shape index (κ3) is 2.38. The molecule has 0 aliphatic carbocycles. The molecule has 2 N–H and O–H groups in total. The summed E-state index contributed by atoms with van der Waals surface area (Å²) in [4.78, 5) is 8.89. The number of hydrogen-bond donors (Lipinski definition) is 2. The third-order valence-corrected chi connectivity index (χ3v) is 4.84. The number of benzene rings is 1. The van der Waals surface area contributed by atoms with E-state index in [1.165, 1.54) is 0 Å². The molecule has 0 aromatic heterocycles. The lowest BCUT2D eigenvalue weighted by Gasteiger charge is -2.15. The lowest BCUT2D eigenvalue weighted by atomic mass is 10.3. The molecule has 2 rings (SSSR count). The molecule has 1 saturated heterocycles. The Bertz CT molecular complexity index is 639. The van der Waals surface area contributed by atoms with Gasteiger partial charge in [-0.3, -0.25) is 10.1 Å². The fraction of sp³-hybridized carbons (Fsp3) is 0.400. The number of aliphatic hydroxyl groups excluding tert-OH is 2. The largest absolute Gasteiger partial charge is 0.389 e. The van der Waals surface area contributed by atoms with Crippen LogP contribution < -0.4 is 0 Å². The van der Waals surface area contributed by atoms with Crippen molar-refractivity contribution < 1.29 is 27.9 Å². The van der Waals surface area contributed by atoms with Gasteiger partial charge in [0.25, 0.3) is 0 Å². The summed E-state index contributed by atoms with van der Waals surface area (Å²) in [5, 5.41) is 29.5. The number of rotatable bonds is 3. The molecule has 8 nitrogen and oxygen atoms in total. The zero-order chi connectivity index (χ0) is 15.1. The van der Waals surface area contributed by atoms with Gasteiger partial charge in [-0.05, 0) is 12.1 Å². The number of sulfonamides is 1. The highest BCUT2D eigenvalue weighted by atomic mass is 32.2. The van der Waals surface area contributed by atoms with Crippen LogP contribution in [0.15, 0.2) is 23.1 Å². The molecule has 0 saturated carbocycles. The minimum atomic E-state index is -4.37. The Morgan fingerprint density at radius 1 is 1.30 bits per heavy atom. The molecular formula is C10H11FN2O6S. The van der Waals surface area contributed by atoms with Gasteiger partial charge in [-0.1, -0.05) is 6.07 Å². The minimum absolute atomic E-state index is 0.406. The number of para-hydroxylation sites is 1. The topological polar surface area (TPSA) is 121 Å². The van der Waals surface area contributed by atoms with Crippen molar-refractivity contribution in [3.8, 4) is 0 Å². The van der Waals surface area contributed by atoms with Gasteiger partial charge in [-0.25, -0.2) is 8.42 Å². The lowest BCUT2D eigenvalue weighted by Crippen LogP contribution is -2.30. The van der Waals surface area contributed by atoms with Crippen molar-refractivity contribution in [2.45, 2.75) is 17.1 Å². The second kappa shape index (κ2) is 5.05. The molecule has 1 aromatic rings. The van der Waals surface area contributed by atoms with Gasteiger partial charge in [0.1, 0.15) is 0 Å². The number of halogens is 1. The third-order valence-electron chi connectivity index (χ3n) is 2.98. The fourth-order valence-electron chi connectivity index (χ4n) is 1.95. The Kier molecular flexibility index (Phi) is 3.73. The first kappa shape index (κ1) is 14.8. The molecule has 10 heteroatoms. The van der Waals surface area contributed by atoms with Gasteiger partial charge in [-0.15, -0.1) is 0 Å². The van der Waals surface area contributed by atoms with Crippen molar-refractivity contribution in [2.24, 2.45) is 0 Å². The van der Waals surface area contributed by atoms with E-state index in [9.17, 15) is 33.1 Å². The van der Waals surface area contributed by atoms with Crippen LogP contribution in [0.5, 0.6) is 0 Å². The highest BCUT2D eigenvalue weighted by Gasteiger charge is 2.41. The quantitative estimate of drug-likeness (QED) is 0.571. The molecule has 1 aromatic carbocycles. The highest BCUT2D eigenvalue weighted by Crippen LogP contribution is 2.30. The summed E-state index contributed by atoms with van der Waals surface area (Å²) in [7, 11) is -4.37. The van der Waals surface area contributed by atoms with Crippen LogP contribution in [0.2, 0.25) is 0 Å². The van der Waals surface area contributed by atoms with Gasteiger partial charge in [0.05, 0.1) is 17.1 Å². The van der Waals surface area contributed by atoms with Crippen molar-refractivity contribution in [2.75, 3.05) is 13.1 Å². The number of aliphatic hydroxyl groups is 2. The van der Waals surface area contributed by atoms with E-state index in [1.807, 2.05) is 0 Å². The van der Waals surface area contributed by atoms with E-state index in [-0.39, 0.29) is 0 Å². The molecule has 1 heterocycles. The number of nitro groups is 1. The van der Waals surface area contributed by atoms with Gasteiger partial charge in [-0.2, -0.15) is 8.70 Å². The van der Waals surface area contributed by atoms with Crippen molar-refractivity contribution in [3.05, 3.63) is 34.1 Å². The summed E-state index contributed by atoms with van der Waals surface area (Å²) < 4.78 is 38.6. The van der Waals surface area contributed by atoms with E-state index in [4.69, 9.17) is 0 Å². The number of β-amino-alcohol motifs (C(OH)–C–C–N with tert-alkyl or cyclic N) is 2. The van der Waals surface area contributed by atoms with E-state index in [0.717, 1.165) is 18.2 Å². The van der Waals surface area contributed by atoms with Crippen molar-refractivity contribution in [3.63, 3.8) is 0 Å². The van der Waals surface area contributed by atoms with Crippen LogP contribution in [0.1, 0.15) is 0 Å². The van der Waals surface area contributed by atoms with E-state index in [0.29, 0.717) is 4.31 Å². The average molecular weight is 306 g/mol. The number of nitrogens with zero attached hydrogens (tertiary/aromatic N) is 2. The minimum Gasteiger partial charge on any atom is -0.389 e. The lowest BCUT2D eigenvalue weighted by molar-refractivity contribution is -0.390. The van der Waals surface area contributed by atoms with E-state index < -0.39 is 56.6 Å². The first-order chi connectivity index (χ1) is 9.25. The van der Waals surface area contributed by atoms with Crippen molar-refractivity contribution in [1.82, 2.24) is 4.31 Å². The molecule has 1 aliphatic rings. The zero-order valence-corrected chi connectivity index (χ0v) is 10.8. The number of hydrogen-bond acceptors (Lipinski definition) is 6. The van der Waals surface area contributed by atoms with Gasteiger partial charge in [0.2, 0.25) is 15.8 Å². The van der Waals surface area contributed by atoms with E-state index >= 15 is 0 Å². The van der Waals surface area contributed by atoms with Gasteiger partial charge in [0, 0.05) is 13.1 Å². The van der Waals surface area contributed by atoms with E-state index in [1.54, 1.807) is 0 Å². The molecule has 0 bridgehead atoms. The zero-order valence-electron chi connectivity index (χ0n) is 10.0. The fourth-order valence-corrected chi connectivity index (χ4v) is 3.59.